The average molecular weight is 225 g/mol. The molecular weight excluding hydrogens is 210 g/mol. The van der Waals surface area contributed by atoms with Gasteiger partial charge < -0.3 is 0 Å². The maximum absolute atomic E-state index is 11.9. The van der Waals surface area contributed by atoms with Crippen LogP contribution in [-0.4, -0.2) is 10.8 Å². The maximum Gasteiger partial charge on any atom is 0.165 e. The molecular formula is C15H15NO. The van der Waals surface area contributed by atoms with Gasteiger partial charge in [0.2, 0.25) is 0 Å². The van der Waals surface area contributed by atoms with E-state index in [1.165, 1.54) is 0 Å². The summed E-state index contributed by atoms with van der Waals surface area (Å²) in [6.45, 7) is 3.83. The Morgan fingerprint density at radius 1 is 1.12 bits per heavy atom. The standard InChI is InChI=1S/C15H15NO/c1-11(2)15(17)13-6-3-5-12(9-13)14-7-4-8-16-10-14/h3-11H,1-2H3. The van der Waals surface area contributed by atoms with Crippen molar-refractivity contribution in [3.63, 3.8) is 0 Å². The van der Waals surface area contributed by atoms with Crippen LogP contribution in [0.25, 0.3) is 11.1 Å². The normalized spacial score (nSPS) is 10.5. The molecule has 0 fully saturated rings. The Balaban J connectivity index is 2.39. The molecule has 2 rings (SSSR count). The third kappa shape index (κ3) is 2.59. The predicted molar refractivity (Wildman–Crippen MR) is 68.8 cm³/mol. The molecule has 86 valence electrons. The molecule has 1 heterocycles. The van der Waals surface area contributed by atoms with E-state index < -0.39 is 0 Å². The van der Waals surface area contributed by atoms with Crippen LogP contribution in [0, 0.1) is 5.92 Å². The summed E-state index contributed by atoms with van der Waals surface area (Å²) >= 11 is 0. The molecule has 0 aliphatic rings. The van der Waals surface area contributed by atoms with Crippen molar-refractivity contribution in [3.8, 4) is 11.1 Å². The van der Waals surface area contributed by atoms with E-state index in [2.05, 4.69) is 4.98 Å². The van der Waals surface area contributed by atoms with Crippen molar-refractivity contribution in [3.05, 3.63) is 54.4 Å². The highest BCUT2D eigenvalue weighted by Gasteiger charge is 2.10. The number of ketones is 1. The van der Waals surface area contributed by atoms with Gasteiger partial charge in [0.05, 0.1) is 0 Å². The monoisotopic (exact) mass is 225 g/mol. The number of rotatable bonds is 3. The molecule has 17 heavy (non-hydrogen) atoms. The third-order valence-corrected chi connectivity index (χ3v) is 2.67. The molecule has 1 aromatic carbocycles. The molecule has 0 aliphatic carbocycles. The van der Waals surface area contributed by atoms with Crippen molar-refractivity contribution in [2.24, 2.45) is 5.92 Å². The van der Waals surface area contributed by atoms with Crippen molar-refractivity contribution in [1.82, 2.24) is 4.98 Å². The fraction of sp³-hybridized carbons (Fsp3) is 0.200. The third-order valence-electron chi connectivity index (χ3n) is 2.67. The molecule has 1 aromatic heterocycles. The minimum absolute atomic E-state index is 0.0270. The second-order valence-corrected chi connectivity index (χ2v) is 4.34. The number of nitrogens with zero attached hydrogens (tertiary/aromatic N) is 1. The van der Waals surface area contributed by atoms with Crippen LogP contribution in [0.3, 0.4) is 0 Å². The van der Waals surface area contributed by atoms with Crippen LogP contribution in [0.2, 0.25) is 0 Å². The summed E-state index contributed by atoms with van der Waals surface area (Å²) in [5.41, 5.74) is 2.83. The number of carbonyl (C=O) groups is 1. The molecule has 0 atom stereocenters. The molecule has 2 aromatic rings. The molecule has 0 unspecified atom stereocenters. The van der Waals surface area contributed by atoms with E-state index >= 15 is 0 Å². The summed E-state index contributed by atoms with van der Waals surface area (Å²) in [7, 11) is 0. The van der Waals surface area contributed by atoms with Crippen LogP contribution in [0.15, 0.2) is 48.8 Å². The lowest BCUT2D eigenvalue weighted by molar-refractivity contribution is 0.0939. The first kappa shape index (κ1) is 11.5. The van der Waals surface area contributed by atoms with Crippen LogP contribution >= 0.6 is 0 Å². The van der Waals surface area contributed by atoms with Crippen LogP contribution in [0.5, 0.6) is 0 Å². The van der Waals surface area contributed by atoms with Crippen LogP contribution in [0.4, 0.5) is 0 Å². The summed E-state index contributed by atoms with van der Waals surface area (Å²) in [4.78, 5) is 16.0. The smallest absolute Gasteiger partial charge is 0.165 e. The molecule has 0 amide bonds. The lowest BCUT2D eigenvalue weighted by atomic mass is 9.97. The molecule has 2 nitrogen and oxygen atoms in total. The zero-order chi connectivity index (χ0) is 12.3. The predicted octanol–water partition coefficient (Wildman–Crippen LogP) is 3.59. The summed E-state index contributed by atoms with van der Waals surface area (Å²) in [5.74, 6) is 0.204. The zero-order valence-electron chi connectivity index (χ0n) is 10.1. The van der Waals surface area contributed by atoms with Crippen molar-refractivity contribution in [2.45, 2.75) is 13.8 Å². The van der Waals surface area contributed by atoms with Gasteiger partial charge in [-0.25, -0.2) is 0 Å². The summed E-state index contributed by atoms with van der Waals surface area (Å²) < 4.78 is 0. The van der Waals surface area contributed by atoms with Crippen molar-refractivity contribution >= 4 is 5.78 Å². The fourth-order valence-corrected chi connectivity index (χ4v) is 1.72. The van der Waals surface area contributed by atoms with E-state index in [9.17, 15) is 4.79 Å². The van der Waals surface area contributed by atoms with Crippen LogP contribution in [-0.2, 0) is 0 Å². The lowest BCUT2D eigenvalue weighted by Gasteiger charge is -2.06. The Bertz CT molecular complexity index is 517. The van der Waals surface area contributed by atoms with E-state index in [1.54, 1.807) is 12.4 Å². The van der Waals surface area contributed by atoms with Gasteiger partial charge in [-0.2, -0.15) is 0 Å². The first-order chi connectivity index (χ1) is 8.18. The fourth-order valence-electron chi connectivity index (χ4n) is 1.72. The molecule has 0 spiro atoms. The minimum Gasteiger partial charge on any atom is -0.294 e. The Hall–Kier alpha value is -1.96. The molecule has 0 saturated heterocycles. The van der Waals surface area contributed by atoms with Gasteiger partial charge >= 0.3 is 0 Å². The van der Waals surface area contributed by atoms with E-state index in [0.717, 1.165) is 16.7 Å². The van der Waals surface area contributed by atoms with Gasteiger partial charge in [0.25, 0.3) is 0 Å². The number of Topliss-reactive ketones (excluding diaryl/α,β-unsaturated/α-hetero) is 1. The van der Waals surface area contributed by atoms with E-state index in [1.807, 2.05) is 50.2 Å². The van der Waals surface area contributed by atoms with Gasteiger partial charge in [0.15, 0.2) is 5.78 Å². The van der Waals surface area contributed by atoms with E-state index in [4.69, 9.17) is 0 Å². The van der Waals surface area contributed by atoms with Crippen LogP contribution in [0.1, 0.15) is 24.2 Å². The first-order valence-corrected chi connectivity index (χ1v) is 5.73. The Labute approximate surface area is 101 Å². The summed E-state index contributed by atoms with van der Waals surface area (Å²) in [5, 5.41) is 0. The van der Waals surface area contributed by atoms with Gasteiger partial charge in [-0.05, 0) is 17.7 Å². The first-order valence-electron chi connectivity index (χ1n) is 5.73. The van der Waals surface area contributed by atoms with Gasteiger partial charge in [-0.3, -0.25) is 9.78 Å². The number of aromatic nitrogens is 1. The Kier molecular flexibility index (Phi) is 3.33. The Morgan fingerprint density at radius 3 is 2.53 bits per heavy atom. The average Bonchev–Trinajstić information content (AvgIpc) is 2.39. The molecule has 2 heteroatoms. The Morgan fingerprint density at radius 2 is 1.88 bits per heavy atom. The number of benzene rings is 1. The second kappa shape index (κ2) is 4.91. The molecule has 0 bridgehead atoms. The van der Waals surface area contributed by atoms with Crippen LogP contribution < -0.4 is 0 Å². The number of hydrogen-bond donors (Lipinski definition) is 0. The molecule has 0 radical (unpaired) electrons. The summed E-state index contributed by atoms with van der Waals surface area (Å²) in [6.07, 6.45) is 3.55. The second-order valence-electron chi connectivity index (χ2n) is 4.34. The minimum atomic E-state index is 0.0270. The topological polar surface area (TPSA) is 30.0 Å². The number of carbonyl (C=O) groups excluding carboxylic acids is 1. The van der Waals surface area contributed by atoms with Gasteiger partial charge in [-0.1, -0.05) is 38.1 Å². The highest BCUT2D eigenvalue weighted by molar-refractivity contribution is 5.98. The number of hydrogen-bond acceptors (Lipinski definition) is 2. The molecule has 0 N–H and O–H groups in total. The van der Waals surface area contributed by atoms with Crippen molar-refractivity contribution in [2.75, 3.05) is 0 Å². The maximum atomic E-state index is 11.9. The highest BCUT2D eigenvalue weighted by atomic mass is 16.1. The van der Waals surface area contributed by atoms with Gasteiger partial charge in [-0.15, -0.1) is 0 Å². The van der Waals surface area contributed by atoms with Crippen molar-refractivity contribution in [1.29, 1.82) is 0 Å². The largest absolute Gasteiger partial charge is 0.294 e. The molecule has 0 saturated carbocycles. The molecule has 0 aliphatic heterocycles. The highest BCUT2D eigenvalue weighted by Crippen LogP contribution is 2.20. The van der Waals surface area contributed by atoms with E-state index in [0.29, 0.717) is 0 Å². The van der Waals surface area contributed by atoms with Crippen molar-refractivity contribution < 1.29 is 4.79 Å². The quantitative estimate of drug-likeness (QED) is 0.747. The SMILES string of the molecule is CC(C)C(=O)c1cccc(-c2cccnc2)c1. The number of pyridine rings is 1. The van der Waals surface area contributed by atoms with Gasteiger partial charge in [0.1, 0.15) is 0 Å². The summed E-state index contributed by atoms with van der Waals surface area (Å²) in [6, 6.07) is 11.6. The lowest BCUT2D eigenvalue weighted by Crippen LogP contribution is -2.07. The van der Waals surface area contributed by atoms with E-state index in [-0.39, 0.29) is 11.7 Å². The van der Waals surface area contributed by atoms with Gasteiger partial charge in [0, 0.05) is 29.4 Å². The zero-order valence-corrected chi connectivity index (χ0v) is 10.1.